The van der Waals surface area contributed by atoms with Gasteiger partial charge in [0.1, 0.15) is 0 Å². The molecule has 0 fully saturated rings. The van der Waals surface area contributed by atoms with E-state index in [1.165, 1.54) is 16.3 Å². The maximum Gasteiger partial charge on any atom is 0.329 e. The first-order valence-electron chi connectivity index (χ1n) is 7.75. The lowest BCUT2D eigenvalue weighted by Gasteiger charge is -2.07. The van der Waals surface area contributed by atoms with Crippen molar-refractivity contribution in [3.8, 4) is 0 Å². The molecule has 3 rings (SSSR count). The Morgan fingerprint density at radius 1 is 1.31 bits per heavy atom. The van der Waals surface area contributed by atoms with Crippen LogP contribution in [0.3, 0.4) is 0 Å². The maximum atomic E-state index is 12.1. The average molecular weight is 438 g/mol. The molecule has 0 saturated carbocycles. The van der Waals surface area contributed by atoms with Gasteiger partial charge < -0.3 is 9.88 Å². The number of imidazole rings is 1. The molecule has 0 bridgehead atoms. The molecule has 1 amide bonds. The van der Waals surface area contributed by atoms with Gasteiger partial charge in [0.2, 0.25) is 5.91 Å². The molecule has 0 saturated heterocycles. The first kappa shape index (κ1) is 18.5. The molecule has 0 unspecified atom stereocenters. The van der Waals surface area contributed by atoms with Crippen LogP contribution in [0.25, 0.3) is 11.2 Å². The van der Waals surface area contributed by atoms with E-state index in [1.807, 2.05) is 30.3 Å². The average Bonchev–Trinajstić information content (AvgIpc) is 2.95. The molecule has 2 heterocycles. The van der Waals surface area contributed by atoms with Crippen molar-refractivity contribution in [1.29, 1.82) is 0 Å². The van der Waals surface area contributed by atoms with E-state index < -0.39 is 11.2 Å². The minimum Gasteiger partial charge on any atom is -0.325 e. The zero-order valence-corrected chi connectivity index (χ0v) is 16.3. The summed E-state index contributed by atoms with van der Waals surface area (Å²) in [5.74, 6) is 0.818. The van der Waals surface area contributed by atoms with Crippen molar-refractivity contribution < 1.29 is 4.79 Å². The van der Waals surface area contributed by atoms with E-state index in [4.69, 9.17) is 0 Å². The van der Waals surface area contributed by atoms with E-state index >= 15 is 0 Å². The van der Waals surface area contributed by atoms with Crippen molar-refractivity contribution in [2.24, 2.45) is 7.05 Å². The van der Waals surface area contributed by atoms with E-state index in [0.29, 0.717) is 33.9 Å². The van der Waals surface area contributed by atoms with Crippen molar-refractivity contribution in [1.82, 2.24) is 19.1 Å². The van der Waals surface area contributed by atoms with Crippen LogP contribution in [0.5, 0.6) is 0 Å². The van der Waals surface area contributed by atoms with Gasteiger partial charge in [-0.2, -0.15) is 11.8 Å². The third-order valence-electron chi connectivity index (χ3n) is 3.71. The van der Waals surface area contributed by atoms with Gasteiger partial charge in [0.05, 0.1) is 5.75 Å². The Balaban J connectivity index is 1.63. The monoisotopic (exact) mass is 437 g/mol. The van der Waals surface area contributed by atoms with Crippen LogP contribution in [0.15, 0.2) is 44.7 Å². The fourth-order valence-corrected chi connectivity index (χ4v) is 3.69. The lowest BCUT2D eigenvalue weighted by atomic mass is 10.3. The van der Waals surface area contributed by atoms with Gasteiger partial charge in [0, 0.05) is 25.0 Å². The molecule has 0 aliphatic heterocycles. The highest BCUT2D eigenvalue weighted by molar-refractivity contribution is 9.10. The Hall–Kier alpha value is -2.33. The number of fused-ring (bicyclic) bond motifs is 1. The van der Waals surface area contributed by atoms with Gasteiger partial charge in [-0.15, -0.1) is 0 Å². The Morgan fingerprint density at radius 2 is 2.04 bits per heavy atom. The molecule has 136 valence electrons. The standard InChI is InChI=1S/C16H16BrN5O3S/c1-21-13-12(14(24)20-16(21)25)22(15(17)19-13)7-8-26-9-11(23)18-10-5-3-2-4-6-10/h2-6H,7-9H2,1H3,(H,18,23)(H,20,24,25). The maximum absolute atomic E-state index is 12.1. The first-order chi connectivity index (χ1) is 12.5. The molecule has 2 aromatic heterocycles. The van der Waals surface area contributed by atoms with E-state index in [2.05, 4.69) is 31.2 Å². The van der Waals surface area contributed by atoms with E-state index in [0.717, 1.165) is 5.69 Å². The smallest absolute Gasteiger partial charge is 0.325 e. The minimum atomic E-state index is -0.508. The summed E-state index contributed by atoms with van der Waals surface area (Å²) in [6, 6.07) is 9.25. The van der Waals surface area contributed by atoms with Crippen LogP contribution >= 0.6 is 27.7 Å². The van der Waals surface area contributed by atoms with Gasteiger partial charge in [-0.1, -0.05) is 18.2 Å². The van der Waals surface area contributed by atoms with Crippen molar-refractivity contribution in [2.75, 3.05) is 16.8 Å². The first-order valence-corrected chi connectivity index (χ1v) is 9.70. The van der Waals surface area contributed by atoms with Crippen molar-refractivity contribution in [3.05, 3.63) is 55.9 Å². The highest BCUT2D eigenvalue weighted by Crippen LogP contribution is 2.17. The number of aromatic nitrogens is 4. The number of amides is 1. The molecule has 0 atom stereocenters. The topological polar surface area (TPSA) is 102 Å². The fraction of sp³-hybridized carbons (Fsp3) is 0.250. The van der Waals surface area contributed by atoms with Crippen molar-refractivity contribution in [2.45, 2.75) is 6.54 Å². The van der Waals surface area contributed by atoms with Gasteiger partial charge >= 0.3 is 5.69 Å². The summed E-state index contributed by atoms with van der Waals surface area (Å²) < 4.78 is 3.45. The molecule has 0 aliphatic rings. The lowest BCUT2D eigenvalue weighted by Crippen LogP contribution is -2.29. The normalized spacial score (nSPS) is 11.0. The summed E-state index contributed by atoms with van der Waals surface area (Å²) in [6.45, 7) is 0.474. The van der Waals surface area contributed by atoms with Crippen molar-refractivity contribution >= 4 is 50.5 Å². The summed E-state index contributed by atoms with van der Waals surface area (Å²) in [4.78, 5) is 42.2. The summed E-state index contributed by atoms with van der Waals surface area (Å²) in [5.41, 5.74) is 0.416. The molecule has 26 heavy (non-hydrogen) atoms. The Labute approximate surface area is 160 Å². The molecule has 0 spiro atoms. The van der Waals surface area contributed by atoms with Crippen LogP contribution in [0.1, 0.15) is 0 Å². The van der Waals surface area contributed by atoms with Crippen LogP contribution in [-0.4, -0.2) is 36.5 Å². The van der Waals surface area contributed by atoms with Crippen LogP contribution in [0, 0.1) is 0 Å². The third-order valence-corrected chi connectivity index (χ3v) is 5.25. The summed E-state index contributed by atoms with van der Waals surface area (Å²) in [5, 5.41) is 2.82. The van der Waals surface area contributed by atoms with Crippen LogP contribution in [-0.2, 0) is 18.4 Å². The Bertz CT molecular complexity index is 1060. The van der Waals surface area contributed by atoms with Crippen LogP contribution in [0.2, 0.25) is 0 Å². The number of aromatic amines is 1. The number of para-hydroxylation sites is 1. The molecule has 0 aliphatic carbocycles. The second-order valence-corrected chi connectivity index (χ2v) is 7.30. The van der Waals surface area contributed by atoms with Gasteiger partial charge in [-0.25, -0.2) is 9.78 Å². The third kappa shape index (κ3) is 3.91. The lowest BCUT2D eigenvalue weighted by molar-refractivity contribution is -0.113. The second-order valence-electron chi connectivity index (χ2n) is 5.49. The quantitative estimate of drug-likeness (QED) is 0.449. The van der Waals surface area contributed by atoms with Gasteiger partial charge in [-0.05, 0) is 28.1 Å². The number of benzene rings is 1. The number of anilines is 1. The molecule has 8 nitrogen and oxygen atoms in total. The number of hydrogen-bond acceptors (Lipinski definition) is 5. The van der Waals surface area contributed by atoms with E-state index in [-0.39, 0.29) is 5.91 Å². The molecular formula is C16H16BrN5O3S. The number of halogens is 1. The number of H-pyrrole nitrogens is 1. The van der Waals surface area contributed by atoms with Crippen LogP contribution < -0.4 is 16.6 Å². The van der Waals surface area contributed by atoms with Gasteiger partial charge in [0.25, 0.3) is 5.56 Å². The summed E-state index contributed by atoms with van der Waals surface area (Å²) in [6.07, 6.45) is 0. The SMILES string of the molecule is Cn1c(=O)[nH]c(=O)c2c1nc(Br)n2CCSCC(=O)Nc1ccccc1. The van der Waals surface area contributed by atoms with Gasteiger partial charge in [-0.3, -0.25) is 19.1 Å². The fourth-order valence-electron chi connectivity index (χ4n) is 2.45. The summed E-state index contributed by atoms with van der Waals surface area (Å²) >= 11 is 4.77. The largest absolute Gasteiger partial charge is 0.329 e. The molecule has 1 aromatic carbocycles. The molecule has 3 aromatic rings. The zero-order valence-electron chi connectivity index (χ0n) is 13.9. The van der Waals surface area contributed by atoms with Crippen LogP contribution in [0.4, 0.5) is 5.69 Å². The molecule has 10 heteroatoms. The molecule has 2 N–H and O–H groups in total. The number of carbonyl (C=O) groups excluding carboxylic acids is 1. The predicted molar refractivity (Wildman–Crippen MR) is 106 cm³/mol. The predicted octanol–water partition coefficient (Wildman–Crippen LogP) is 1.56. The number of nitrogens with one attached hydrogen (secondary N) is 2. The number of rotatable bonds is 6. The van der Waals surface area contributed by atoms with Gasteiger partial charge in [0.15, 0.2) is 15.9 Å². The number of aryl methyl sites for hydroxylation is 2. The van der Waals surface area contributed by atoms with E-state index in [9.17, 15) is 14.4 Å². The van der Waals surface area contributed by atoms with E-state index in [1.54, 1.807) is 11.6 Å². The number of thioether (sulfide) groups is 1. The Morgan fingerprint density at radius 3 is 2.77 bits per heavy atom. The number of hydrogen-bond donors (Lipinski definition) is 2. The highest BCUT2D eigenvalue weighted by Gasteiger charge is 2.15. The number of nitrogens with zero attached hydrogens (tertiary/aromatic N) is 3. The highest BCUT2D eigenvalue weighted by atomic mass is 79.9. The zero-order chi connectivity index (χ0) is 18.7. The molecule has 0 radical (unpaired) electrons. The van der Waals surface area contributed by atoms with Crippen molar-refractivity contribution in [3.63, 3.8) is 0 Å². The number of carbonyl (C=O) groups is 1. The Kier molecular flexibility index (Phi) is 5.62. The molecular weight excluding hydrogens is 422 g/mol. The summed E-state index contributed by atoms with van der Waals surface area (Å²) in [7, 11) is 1.55. The minimum absolute atomic E-state index is 0.0870. The second kappa shape index (κ2) is 7.92.